The molecule has 1 N–H and O–H groups in total. The van der Waals surface area contributed by atoms with Crippen LogP contribution in [0.5, 0.6) is 17.2 Å². The molecule has 0 saturated carbocycles. The lowest BCUT2D eigenvalue weighted by Crippen LogP contribution is -2.24. The number of ether oxygens (including phenoxy) is 3. The molecule has 0 fully saturated rings. The molecule has 27 heavy (non-hydrogen) atoms. The molecule has 1 amide bonds. The van der Waals surface area contributed by atoms with Crippen molar-refractivity contribution in [2.45, 2.75) is 26.8 Å². The van der Waals surface area contributed by atoms with Gasteiger partial charge in [0.1, 0.15) is 5.75 Å². The van der Waals surface area contributed by atoms with Gasteiger partial charge in [-0.3, -0.25) is 4.79 Å². The van der Waals surface area contributed by atoms with Crippen molar-refractivity contribution in [3.05, 3.63) is 59.7 Å². The van der Waals surface area contributed by atoms with Crippen molar-refractivity contribution in [1.29, 1.82) is 0 Å². The average Bonchev–Trinajstić information content (AvgIpc) is 2.68. The Bertz CT molecular complexity index is 786. The van der Waals surface area contributed by atoms with Crippen molar-refractivity contribution in [2.75, 3.05) is 20.3 Å². The molecule has 0 radical (unpaired) electrons. The van der Waals surface area contributed by atoms with Gasteiger partial charge in [0.2, 0.25) is 5.91 Å². The average molecular weight is 369 g/mol. The summed E-state index contributed by atoms with van der Waals surface area (Å²) in [6.45, 7) is 6.91. The molecule has 0 aliphatic heterocycles. The standard InChI is InChI=1S/C22H27NO4/c1-5-26-20-13-11-18(15-21(20)27-6-2)16(3)23-22(24)14-12-17-9-7-8-10-19(17)25-4/h7-16H,5-6H2,1-4H3,(H,23,24)/b14-12+/t16-/m0/s1. The van der Waals surface area contributed by atoms with Gasteiger partial charge in [0.05, 0.1) is 26.4 Å². The molecule has 0 spiro atoms. The maximum Gasteiger partial charge on any atom is 0.244 e. The molecule has 0 aliphatic rings. The van der Waals surface area contributed by atoms with Crippen LogP contribution in [0.15, 0.2) is 48.5 Å². The van der Waals surface area contributed by atoms with E-state index in [1.165, 1.54) is 6.08 Å². The van der Waals surface area contributed by atoms with Crippen molar-refractivity contribution in [3.63, 3.8) is 0 Å². The number of amides is 1. The third kappa shape index (κ3) is 5.78. The first-order chi connectivity index (χ1) is 13.1. The maximum atomic E-state index is 12.3. The second kappa shape index (κ2) is 10.3. The van der Waals surface area contributed by atoms with Crippen LogP contribution in [0.3, 0.4) is 0 Å². The first-order valence-electron chi connectivity index (χ1n) is 9.10. The van der Waals surface area contributed by atoms with Gasteiger partial charge in [0, 0.05) is 11.6 Å². The zero-order valence-corrected chi connectivity index (χ0v) is 16.3. The Hall–Kier alpha value is -2.95. The number of carbonyl (C=O) groups excluding carboxylic acids is 1. The van der Waals surface area contributed by atoms with Gasteiger partial charge in [-0.05, 0) is 50.6 Å². The third-order valence-corrected chi connectivity index (χ3v) is 3.98. The second-order valence-corrected chi connectivity index (χ2v) is 5.88. The van der Waals surface area contributed by atoms with Crippen LogP contribution >= 0.6 is 0 Å². The van der Waals surface area contributed by atoms with Crippen LogP contribution in [0.2, 0.25) is 0 Å². The Labute approximate surface area is 161 Å². The Morgan fingerprint density at radius 1 is 1.04 bits per heavy atom. The lowest BCUT2D eigenvalue weighted by Gasteiger charge is -2.17. The topological polar surface area (TPSA) is 56.8 Å². The summed E-state index contributed by atoms with van der Waals surface area (Å²) in [6.07, 6.45) is 3.25. The summed E-state index contributed by atoms with van der Waals surface area (Å²) in [5.41, 5.74) is 1.79. The Kier molecular flexibility index (Phi) is 7.74. The van der Waals surface area contributed by atoms with Crippen molar-refractivity contribution < 1.29 is 19.0 Å². The van der Waals surface area contributed by atoms with E-state index in [9.17, 15) is 4.79 Å². The third-order valence-electron chi connectivity index (χ3n) is 3.98. The number of benzene rings is 2. The van der Waals surface area contributed by atoms with E-state index in [0.29, 0.717) is 24.7 Å². The number of para-hydroxylation sites is 1. The molecule has 5 nitrogen and oxygen atoms in total. The van der Waals surface area contributed by atoms with Gasteiger partial charge in [0.15, 0.2) is 11.5 Å². The summed E-state index contributed by atoms with van der Waals surface area (Å²) in [7, 11) is 1.61. The van der Waals surface area contributed by atoms with Crippen LogP contribution in [-0.4, -0.2) is 26.2 Å². The molecule has 0 aliphatic carbocycles. The Morgan fingerprint density at radius 2 is 1.74 bits per heavy atom. The zero-order valence-electron chi connectivity index (χ0n) is 16.3. The number of carbonyl (C=O) groups is 1. The van der Waals surface area contributed by atoms with Gasteiger partial charge in [-0.15, -0.1) is 0 Å². The summed E-state index contributed by atoms with van der Waals surface area (Å²) >= 11 is 0. The highest BCUT2D eigenvalue weighted by Gasteiger charge is 2.12. The predicted molar refractivity (Wildman–Crippen MR) is 107 cm³/mol. The molecule has 0 bridgehead atoms. The van der Waals surface area contributed by atoms with Crippen molar-refractivity contribution in [1.82, 2.24) is 5.32 Å². The van der Waals surface area contributed by atoms with Crippen molar-refractivity contribution in [2.24, 2.45) is 0 Å². The van der Waals surface area contributed by atoms with E-state index in [1.54, 1.807) is 13.2 Å². The molecule has 0 aromatic heterocycles. The van der Waals surface area contributed by atoms with Gasteiger partial charge in [-0.1, -0.05) is 24.3 Å². The highest BCUT2D eigenvalue weighted by Crippen LogP contribution is 2.30. The van der Waals surface area contributed by atoms with Crippen molar-refractivity contribution in [3.8, 4) is 17.2 Å². The quantitative estimate of drug-likeness (QED) is 0.666. The van der Waals surface area contributed by atoms with E-state index < -0.39 is 0 Å². The summed E-state index contributed by atoms with van der Waals surface area (Å²) in [6, 6.07) is 13.1. The molecule has 0 unspecified atom stereocenters. The SMILES string of the molecule is CCOc1ccc([C@H](C)NC(=O)/C=C/c2ccccc2OC)cc1OCC. The fourth-order valence-electron chi connectivity index (χ4n) is 2.65. The van der Waals surface area contributed by atoms with Gasteiger partial charge >= 0.3 is 0 Å². The van der Waals surface area contributed by atoms with Crippen LogP contribution in [0.1, 0.15) is 37.9 Å². The monoisotopic (exact) mass is 369 g/mol. The van der Waals surface area contributed by atoms with Crippen LogP contribution < -0.4 is 19.5 Å². The van der Waals surface area contributed by atoms with Crippen LogP contribution in [-0.2, 0) is 4.79 Å². The smallest absolute Gasteiger partial charge is 0.244 e. The number of hydrogen-bond donors (Lipinski definition) is 1. The lowest BCUT2D eigenvalue weighted by atomic mass is 10.1. The van der Waals surface area contributed by atoms with Crippen LogP contribution in [0, 0.1) is 0 Å². The van der Waals surface area contributed by atoms with E-state index in [4.69, 9.17) is 14.2 Å². The number of methoxy groups -OCH3 is 1. The van der Waals surface area contributed by atoms with Gasteiger partial charge < -0.3 is 19.5 Å². The first kappa shape index (κ1) is 20.4. The normalized spacial score (nSPS) is 11.9. The van der Waals surface area contributed by atoms with Crippen molar-refractivity contribution >= 4 is 12.0 Å². The molecular formula is C22H27NO4. The molecule has 2 aromatic rings. The predicted octanol–water partition coefficient (Wildman–Crippen LogP) is 4.38. The van der Waals surface area contributed by atoms with E-state index in [2.05, 4.69) is 5.32 Å². The molecule has 2 aromatic carbocycles. The molecular weight excluding hydrogens is 342 g/mol. The molecule has 144 valence electrons. The Morgan fingerprint density at radius 3 is 2.44 bits per heavy atom. The molecule has 0 heterocycles. The fraction of sp³-hybridized carbons (Fsp3) is 0.318. The summed E-state index contributed by atoms with van der Waals surface area (Å²) < 4.78 is 16.5. The van der Waals surface area contributed by atoms with Crippen LogP contribution in [0.4, 0.5) is 0 Å². The lowest BCUT2D eigenvalue weighted by molar-refractivity contribution is -0.117. The van der Waals surface area contributed by atoms with Gasteiger partial charge in [-0.25, -0.2) is 0 Å². The minimum Gasteiger partial charge on any atom is -0.496 e. The van der Waals surface area contributed by atoms with E-state index >= 15 is 0 Å². The van der Waals surface area contributed by atoms with Gasteiger partial charge in [0.25, 0.3) is 0 Å². The minimum absolute atomic E-state index is 0.172. The number of hydrogen-bond acceptors (Lipinski definition) is 4. The maximum absolute atomic E-state index is 12.3. The zero-order chi connectivity index (χ0) is 19.6. The molecule has 0 saturated heterocycles. The molecule has 1 atom stereocenters. The number of rotatable bonds is 9. The largest absolute Gasteiger partial charge is 0.496 e. The number of nitrogens with one attached hydrogen (secondary N) is 1. The van der Waals surface area contributed by atoms with E-state index in [-0.39, 0.29) is 11.9 Å². The molecule has 5 heteroatoms. The Balaban J connectivity index is 2.07. The summed E-state index contributed by atoms with van der Waals surface area (Å²) in [5.74, 6) is 1.93. The molecule has 2 rings (SSSR count). The highest BCUT2D eigenvalue weighted by atomic mass is 16.5. The first-order valence-corrected chi connectivity index (χ1v) is 9.10. The van der Waals surface area contributed by atoms with Gasteiger partial charge in [-0.2, -0.15) is 0 Å². The fourth-order valence-corrected chi connectivity index (χ4v) is 2.65. The summed E-state index contributed by atoms with van der Waals surface area (Å²) in [5, 5.41) is 2.96. The van der Waals surface area contributed by atoms with E-state index in [1.807, 2.05) is 63.2 Å². The minimum atomic E-state index is -0.180. The van der Waals surface area contributed by atoms with Crippen LogP contribution in [0.25, 0.3) is 6.08 Å². The highest BCUT2D eigenvalue weighted by molar-refractivity contribution is 5.92. The second-order valence-electron chi connectivity index (χ2n) is 5.88. The van der Waals surface area contributed by atoms with E-state index in [0.717, 1.165) is 16.9 Å². The summed E-state index contributed by atoms with van der Waals surface area (Å²) in [4.78, 5) is 12.3.